The van der Waals surface area contributed by atoms with E-state index in [0.717, 1.165) is 5.06 Å². The third-order valence-electron chi connectivity index (χ3n) is 3.11. The van der Waals surface area contributed by atoms with Crippen LogP contribution in [0.1, 0.15) is 12.8 Å². The molecule has 27 heavy (non-hydrogen) atoms. The number of rotatable bonds is 2. The SMILES string of the molecule is O=C(O)C1=CCN(O)C=C1.OC(O)C1CCN(O)CC1.[O]=[U](=[O])([OH])[OH].[U].[U]. The van der Waals surface area contributed by atoms with E-state index in [-0.39, 0.29) is 80.3 Å². The molecule has 152 valence electrons. The van der Waals surface area contributed by atoms with Gasteiger partial charge in [0.05, 0.1) is 12.1 Å². The van der Waals surface area contributed by atoms with E-state index in [1.807, 2.05) is 0 Å². The number of carboxylic acid groups (broad SMARTS) is 1. The summed E-state index contributed by atoms with van der Waals surface area (Å²) in [7, 11) is 0. The van der Waals surface area contributed by atoms with Gasteiger partial charge in [0.25, 0.3) is 0 Å². The van der Waals surface area contributed by atoms with Crippen molar-refractivity contribution in [1.29, 1.82) is 0 Å². The van der Waals surface area contributed by atoms with Gasteiger partial charge in [-0.15, -0.1) is 0 Å². The van der Waals surface area contributed by atoms with Crippen LogP contribution in [0.3, 0.4) is 0 Å². The Bertz CT molecular complexity index is 566. The maximum Gasteiger partial charge on any atom is 0 e. The molecule has 0 aliphatic carbocycles. The van der Waals surface area contributed by atoms with Crippen molar-refractivity contribution >= 4 is 5.97 Å². The van der Waals surface area contributed by atoms with Crippen LogP contribution in [0.4, 0.5) is 0 Å². The van der Waals surface area contributed by atoms with Crippen molar-refractivity contribution in [2.75, 3.05) is 19.6 Å². The van der Waals surface area contributed by atoms with Gasteiger partial charge in [0.2, 0.25) is 0 Å². The van der Waals surface area contributed by atoms with Crippen LogP contribution in [0.15, 0.2) is 23.9 Å². The van der Waals surface area contributed by atoms with Gasteiger partial charge in [-0.1, -0.05) is 0 Å². The van der Waals surface area contributed by atoms with Gasteiger partial charge in [-0.2, -0.15) is 5.06 Å². The number of hydrogen-bond acceptors (Lipinski definition) is 9. The summed E-state index contributed by atoms with van der Waals surface area (Å²) in [5, 5.41) is 45.6. The van der Waals surface area contributed by atoms with Gasteiger partial charge in [0.15, 0.2) is 6.29 Å². The molecule has 0 aromatic carbocycles. The number of aliphatic hydroxyl groups excluding tert-OH is 1. The molecule has 0 unspecified atom stereocenters. The summed E-state index contributed by atoms with van der Waals surface area (Å²) in [6, 6.07) is 0. The molecule has 0 saturated carbocycles. The fourth-order valence-electron chi connectivity index (χ4n) is 1.83. The molecule has 12 nitrogen and oxygen atoms in total. The number of nitrogens with zero attached hydrogens (tertiary/aromatic N) is 2. The molecule has 0 aromatic rings. The van der Waals surface area contributed by atoms with E-state index in [2.05, 4.69) is 0 Å². The van der Waals surface area contributed by atoms with Gasteiger partial charge in [-0.25, -0.2) is 4.79 Å². The summed E-state index contributed by atoms with van der Waals surface area (Å²) >= 11 is -5.84. The molecule has 0 bridgehead atoms. The number of hydrogen-bond donors (Lipinski definition) is 7. The van der Waals surface area contributed by atoms with E-state index < -0.39 is 37.7 Å². The van der Waals surface area contributed by atoms with Crippen LogP contribution in [-0.4, -0.2) is 73.0 Å². The molecule has 0 amide bonds. The smallest absolute Gasteiger partial charge is 0 e. The Hall–Kier alpha value is 1.23. The Morgan fingerprint density at radius 1 is 1.11 bits per heavy atom. The number of piperidine rings is 1. The Kier molecular flexibility index (Phi) is 20.7. The predicted octanol–water partition coefficient (Wildman–Crippen LogP) is -1.74. The van der Waals surface area contributed by atoms with Crippen LogP contribution in [-0.2, 0) is 9.27 Å². The molecule has 2 aliphatic rings. The largest absolute Gasteiger partial charge is 0 e. The van der Waals surface area contributed by atoms with Gasteiger partial charge >= 0.3 is 41.1 Å². The Balaban J connectivity index is -0.000000326. The van der Waals surface area contributed by atoms with E-state index in [4.69, 9.17) is 35.4 Å². The molecule has 15 heteroatoms. The first-order valence-corrected chi connectivity index (χ1v) is 14.2. The van der Waals surface area contributed by atoms with Gasteiger partial charge in [-0.05, 0) is 25.0 Å². The van der Waals surface area contributed by atoms with Gasteiger partial charge in [-0.3, -0.25) is 10.3 Å². The summed E-state index contributed by atoms with van der Waals surface area (Å²) < 4.78 is 32.2. The number of aliphatic carboxylic acids is 1. The zero-order valence-electron chi connectivity index (χ0n) is 14.2. The summed E-state index contributed by atoms with van der Waals surface area (Å²) in [4.78, 5) is 10.2. The van der Waals surface area contributed by atoms with Gasteiger partial charge in [0.1, 0.15) is 0 Å². The van der Waals surface area contributed by atoms with Crippen molar-refractivity contribution < 1.29 is 128 Å². The molecule has 1 saturated heterocycles. The molecule has 0 radical (unpaired) electrons. The Morgan fingerprint density at radius 3 is 1.85 bits per heavy atom. The number of aliphatic hydroxyl groups is 2. The van der Waals surface area contributed by atoms with Crippen molar-refractivity contribution in [3.8, 4) is 0 Å². The third kappa shape index (κ3) is 20.3. The molecule has 0 spiro atoms. The second-order valence-corrected chi connectivity index (χ2v) is 9.72. The summed E-state index contributed by atoms with van der Waals surface area (Å²) in [5.74, 6) is -1.02. The van der Waals surface area contributed by atoms with Crippen LogP contribution in [0, 0.1) is 93.6 Å². The van der Waals surface area contributed by atoms with Crippen LogP contribution in [0.2, 0.25) is 0 Å². The second-order valence-electron chi connectivity index (χ2n) is 5.16. The van der Waals surface area contributed by atoms with Crippen molar-refractivity contribution in [2.45, 2.75) is 19.1 Å². The maximum atomic E-state index is 10.2. The van der Waals surface area contributed by atoms with E-state index in [1.54, 1.807) is 0 Å². The Morgan fingerprint density at radius 2 is 1.56 bits per heavy atom. The van der Waals surface area contributed by atoms with Crippen molar-refractivity contribution in [3.05, 3.63) is 23.9 Å². The fraction of sp³-hybridized carbons (Fsp3) is 0.583. The quantitative estimate of drug-likeness (QED) is 0.155. The Labute approximate surface area is 210 Å². The van der Waals surface area contributed by atoms with Crippen molar-refractivity contribution in [1.82, 2.24) is 10.1 Å². The molecular formula is C12H22N2O10U3. The number of carboxylic acids is 1. The fourth-order valence-corrected chi connectivity index (χ4v) is 1.83. The van der Waals surface area contributed by atoms with Crippen LogP contribution in [0.25, 0.3) is 0 Å². The minimum atomic E-state index is -5.84. The minimum Gasteiger partial charge on any atom is 0 e. The third-order valence-corrected chi connectivity index (χ3v) is 3.11. The zero-order valence-corrected chi connectivity index (χ0v) is 26.7. The monoisotopic (exact) mass is 1070 g/mol. The molecular weight excluding hydrogens is 1050 g/mol. The zero-order chi connectivity index (χ0) is 19.6. The number of hydroxylamine groups is 4. The maximum absolute atomic E-state index is 10.2. The number of carbonyl (C=O) groups is 1. The first kappa shape index (κ1) is 32.9. The first-order chi connectivity index (χ1) is 11.4. The van der Waals surface area contributed by atoms with Gasteiger partial charge in [0, 0.05) is 87.4 Å². The van der Waals surface area contributed by atoms with E-state index in [0.29, 0.717) is 25.9 Å². The topological polar surface area (TPSA) is 199 Å². The minimum absolute atomic E-state index is 0. The summed E-state index contributed by atoms with van der Waals surface area (Å²) in [5.41, 5.74) is 0.213. The average molecular weight is 1070 g/mol. The van der Waals surface area contributed by atoms with E-state index >= 15 is 0 Å². The molecule has 2 rings (SSSR count). The van der Waals surface area contributed by atoms with Gasteiger partial charge < -0.3 is 20.5 Å². The second kappa shape index (κ2) is 17.0. The summed E-state index contributed by atoms with van der Waals surface area (Å²) in [6.07, 6.45) is 4.19. The molecule has 0 aromatic heterocycles. The van der Waals surface area contributed by atoms with Crippen LogP contribution in [0.5, 0.6) is 0 Å². The van der Waals surface area contributed by atoms with E-state index in [1.165, 1.54) is 23.4 Å². The molecule has 2 heterocycles. The molecule has 2 aliphatic heterocycles. The molecule has 7 N–H and O–H groups in total. The molecule has 0 atom stereocenters. The predicted molar refractivity (Wildman–Crippen MR) is 73.5 cm³/mol. The van der Waals surface area contributed by atoms with Crippen molar-refractivity contribution in [3.63, 3.8) is 0 Å². The summed E-state index contributed by atoms with van der Waals surface area (Å²) in [6.45, 7) is 1.32. The van der Waals surface area contributed by atoms with Crippen molar-refractivity contribution in [2.24, 2.45) is 5.92 Å². The first-order valence-electron chi connectivity index (χ1n) is 7.13. The van der Waals surface area contributed by atoms with Crippen LogP contribution < -0.4 is 0 Å². The average Bonchev–Trinajstić information content (AvgIpc) is 2.47. The normalized spacial score (nSPS) is 17.3. The van der Waals surface area contributed by atoms with E-state index in [9.17, 15) is 4.79 Å². The van der Waals surface area contributed by atoms with Crippen LogP contribution >= 0.6 is 0 Å². The standard InChI is InChI=1S/C6H13NO3.C6H7NO3.2H2O.2O.3U/c2*8-6(9)5-1-3-7(10)4-2-5;;;;;;;/h5-6,8-10H,1-4H2;1-3,10H,4H2,(H,8,9);2*1H2;;;;;/q;;;;;;;;+2/p-2. The molecule has 1 fully saturated rings.